The molecule has 5 nitrogen and oxygen atoms in total. The van der Waals surface area contributed by atoms with E-state index in [4.69, 9.17) is 4.74 Å². The maximum absolute atomic E-state index is 12.3. The molecule has 1 amide bonds. The highest BCUT2D eigenvalue weighted by atomic mass is 79.9. The maximum atomic E-state index is 12.3. The zero-order chi connectivity index (χ0) is 14.8. The molecule has 3 rings (SSSR count). The molecule has 0 saturated carbocycles. The van der Waals surface area contributed by atoms with E-state index in [1.807, 2.05) is 22.8 Å². The van der Waals surface area contributed by atoms with Gasteiger partial charge in [-0.25, -0.2) is 0 Å². The van der Waals surface area contributed by atoms with Crippen LogP contribution < -0.4 is 0 Å². The number of halogens is 1. The molecule has 1 aliphatic heterocycles. The number of benzene rings is 1. The minimum absolute atomic E-state index is 0.0580. The van der Waals surface area contributed by atoms with E-state index in [1.165, 1.54) is 0 Å². The van der Waals surface area contributed by atoms with Crippen LogP contribution in [0.1, 0.15) is 5.56 Å². The van der Waals surface area contributed by atoms with Crippen LogP contribution >= 0.6 is 15.9 Å². The summed E-state index contributed by atoms with van der Waals surface area (Å²) in [6, 6.07) is 7.93. The molecule has 1 saturated heterocycles. The average Bonchev–Trinajstić information content (AvgIpc) is 2.85. The first-order valence-corrected chi connectivity index (χ1v) is 7.52. The Morgan fingerprint density at radius 3 is 2.86 bits per heavy atom. The first-order valence-electron chi connectivity index (χ1n) is 6.73. The van der Waals surface area contributed by atoms with Crippen molar-refractivity contribution in [3.8, 4) is 6.07 Å². The molecular weight excluding hydrogens is 334 g/mol. The molecule has 1 aromatic carbocycles. The lowest BCUT2D eigenvalue weighted by molar-refractivity contribution is -0.135. The number of nitriles is 1. The summed E-state index contributed by atoms with van der Waals surface area (Å²) in [6.45, 7) is 2.70. The molecule has 6 heteroatoms. The Labute approximate surface area is 130 Å². The lowest BCUT2D eigenvalue weighted by atomic mass is 10.2. The number of amides is 1. The summed E-state index contributed by atoms with van der Waals surface area (Å²) in [5.74, 6) is 0.0580. The van der Waals surface area contributed by atoms with Crippen LogP contribution in [-0.4, -0.2) is 41.7 Å². The topological polar surface area (TPSA) is 58.3 Å². The normalized spacial score (nSPS) is 15.1. The van der Waals surface area contributed by atoms with Crippen molar-refractivity contribution in [3.63, 3.8) is 0 Å². The Hall–Kier alpha value is -1.84. The maximum Gasteiger partial charge on any atom is 0.242 e. The Morgan fingerprint density at radius 1 is 1.38 bits per heavy atom. The van der Waals surface area contributed by atoms with Gasteiger partial charge in [-0.2, -0.15) is 5.26 Å². The molecule has 108 valence electrons. The fraction of sp³-hybridized carbons (Fsp3) is 0.333. The van der Waals surface area contributed by atoms with E-state index < -0.39 is 0 Å². The molecule has 0 unspecified atom stereocenters. The van der Waals surface area contributed by atoms with Gasteiger partial charge in [-0.1, -0.05) is 15.9 Å². The molecule has 1 fully saturated rings. The SMILES string of the molecule is N#Cc1cn(CC(=O)N2CCOCC2)c2ccc(Br)cc12. The molecular formula is C15H14BrN3O2. The number of carbonyl (C=O) groups excluding carboxylic acids is 1. The van der Waals surface area contributed by atoms with Crippen molar-refractivity contribution in [2.75, 3.05) is 26.3 Å². The smallest absolute Gasteiger partial charge is 0.242 e. The predicted molar refractivity (Wildman–Crippen MR) is 81.8 cm³/mol. The van der Waals surface area contributed by atoms with Crippen molar-refractivity contribution in [3.05, 3.63) is 34.4 Å². The van der Waals surface area contributed by atoms with Crippen molar-refractivity contribution < 1.29 is 9.53 Å². The minimum Gasteiger partial charge on any atom is -0.378 e. The third-order valence-corrected chi connectivity index (χ3v) is 4.13. The standard InChI is InChI=1S/C15H14BrN3O2/c16-12-1-2-14-13(7-12)11(8-17)9-19(14)10-15(20)18-3-5-21-6-4-18/h1-2,7,9H,3-6,10H2. The lowest BCUT2D eigenvalue weighted by Gasteiger charge is -2.27. The number of fused-ring (bicyclic) bond motifs is 1. The van der Waals surface area contributed by atoms with Crippen LogP contribution in [0.3, 0.4) is 0 Å². The fourth-order valence-corrected chi connectivity index (χ4v) is 2.91. The van der Waals surface area contributed by atoms with Gasteiger partial charge in [-0.05, 0) is 18.2 Å². The van der Waals surface area contributed by atoms with E-state index in [-0.39, 0.29) is 12.5 Å². The van der Waals surface area contributed by atoms with Crippen LogP contribution in [0.2, 0.25) is 0 Å². The third kappa shape index (κ3) is 2.80. The fourth-order valence-electron chi connectivity index (χ4n) is 2.55. The molecule has 0 radical (unpaired) electrons. The molecule has 21 heavy (non-hydrogen) atoms. The zero-order valence-electron chi connectivity index (χ0n) is 11.4. The quantitative estimate of drug-likeness (QED) is 0.836. The summed E-state index contributed by atoms with van der Waals surface area (Å²) in [5.41, 5.74) is 1.48. The number of carbonyl (C=O) groups is 1. The lowest BCUT2D eigenvalue weighted by Crippen LogP contribution is -2.42. The Balaban J connectivity index is 1.90. The van der Waals surface area contributed by atoms with E-state index >= 15 is 0 Å². The van der Waals surface area contributed by atoms with E-state index in [2.05, 4.69) is 22.0 Å². The van der Waals surface area contributed by atoms with Crippen LogP contribution in [-0.2, 0) is 16.1 Å². The molecule has 0 spiro atoms. The highest BCUT2D eigenvalue weighted by Gasteiger charge is 2.18. The second-order valence-electron chi connectivity index (χ2n) is 4.94. The summed E-state index contributed by atoms with van der Waals surface area (Å²) in [6.07, 6.45) is 1.75. The van der Waals surface area contributed by atoms with Crippen molar-refractivity contribution in [1.29, 1.82) is 5.26 Å². The first-order chi connectivity index (χ1) is 10.2. The number of hydrogen-bond acceptors (Lipinski definition) is 3. The third-order valence-electron chi connectivity index (χ3n) is 3.63. The summed E-state index contributed by atoms with van der Waals surface area (Å²) >= 11 is 3.41. The minimum atomic E-state index is 0.0580. The van der Waals surface area contributed by atoms with Crippen LogP contribution in [0, 0.1) is 11.3 Å². The summed E-state index contributed by atoms with van der Waals surface area (Å²) in [5, 5.41) is 10.1. The number of rotatable bonds is 2. The molecule has 2 heterocycles. The molecule has 1 aliphatic rings. The van der Waals surface area contributed by atoms with Crippen molar-refractivity contribution in [1.82, 2.24) is 9.47 Å². The summed E-state index contributed by atoms with van der Waals surface area (Å²) < 4.78 is 8.02. The number of hydrogen-bond donors (Lipinski definition) is 0. The van der Waals surface area contributed by atoms with Gasteiger partial charge in [0.25, 0.3) is 0 Å². The van der Waals surface area contributed by atoms with Gasteiger partial charge in [0, 0.05) is 34.7 Å². The Kier molecular flexibility index (Phi) is 3.95. The van der Waals surface area contributed by atoms with Crippen molar-refractivity contribution >= 4 is 32.7 Å². The van der Waals surface area contributed by atoms with Crippen LogP contribution in [0.4, 0.5) is 0 Å². The van der Waals surface area contributed by atoms with Gasteiger partial charge in [0.1, 0.15) is 12.6 Å². The van der Waals surface area contributed by atoms with Crippen molar-refractivity contribution in [2.45, 2.75) is 6.54 Å². The largest absolute Gasteiger partial charge is 0.378 e. The molecule has 0 bridgehead atoms. The zero-order valence-corrected chi connectivity index (χ0v) is 13.0. The van der Waals surface area contributed by atoms with E-state index in [0.29, 0.717) is 31.9 Å². The first kappa shape index (κ1) is 14.1. The van der Waals surface area contributed by atoms with Crippen molar-refractivity contribution in [2.24, 2.45) is 0 Å². The number of ether oxygens (including phenoxy) is 1. The highest BCUT2D eigenvalue weighted by molar-refractivity contribution is 9.10. The molecule has 0 aliphatic carbocycles. The highest BCUT2D eigenvalue weighted by Crippen LogP contribution is 2.25. The molecule has 2 aromatic rings. The van der Waals surface area contributed by atoms with E-state index in [9.17, 15) is 10.1 Å². The van der Waals surface area contributed by atoms with Gasteiger partial charge in [0.15, 0.2) is 0 Å². The predicted octanol–water partition coefficient (Wildman–Crippen LogP) is 2.13. The number of aromatic nitrogens is 1. The van der Waals surface area contributed by atoms with Crippen LogP contribution in [0.25, 0.3) is 10.9 Å². The second kappa shape index (κ2) is 5.88. The van der Waals surface area contributed by atoms with Gasteiger partial charge < -0.3 is 14.2 Å². The second-order valence-corrected chi connectivity index (χ2v) is 5.85. The van der Waals surface area contributed by atoms with Gasteiger partial charge in [0.2, 0.25) is 5.91 Å². The van der Waals surface area contributed by atoms with E-state index in [1.54, 1.807) is 11.1 Å². The van der Waals surface area contributed by atoms with Gasteiger partial charge in [-0.3, -0.25) is 4.79 Å². The number of morpholine rings is 1. The van der Waals surface area contributed by atoms with Crippen LogP contribution in [0.15, 0.2) is 28.9 Å². The molecule has 0 N–H and O–H groups in total. The number of nitrogens with zero attached hydrogens (tertiary/aromatic N) is 3. The van der Waals surface area contributed by atoms with Crippen LogP contribution in [0.5, 0.6) is 0 Å². The Bertz CT molecular complexity index is 726. The van der Waals surface area contributed by atoms with E-state index in [0.717, 1.165) is 15.4 Å². The van der Waals surface area contributed by atoms with Gasteiger partial charge >= 0.3 is 0 Å². The van der Waals surface area contributed by atoms with Gasteiger partial charge in [-0.15, -0.1) is 0 Å². The van der Waals surface area contributed by atoms with Gasteiger partial charge in [0.05, 0.1) is 18.8 Å². The molecule has 0 atom stereocenters. The molecule has 1 aromatic heterocycles. The summed E-state index contributed by atoms with van der Waals surface area (Å²) in [4.78, 5) is 14.1. The average molecular weight is 348 g/mol. The Morgan fingerprint density at radius 2 is 2.14 bits per heavy atom. The summed E-state index contributed by atoms with van der Waals surface area (Å²) in [7, 11) is 0. The monoisotopic (exact) mass is 347 g/mol.